The molecule has 4 nitrogen and oxygen atoms in total. The summed E-state index contributed by atoms with van der Waals surface area (Å²) in [6.07, 6.45) is 2.05. The summed E-state index contributed by atoms with van der Waals surface area (Å²) in [4.78, 5) is 10.0. The monoisotopic (exact) mass is 243 g/mol. The lowest BCUT2D eigenvalue weighted by Crippen LogP contribution is -2.10. The number of rotatable bonds is 5. The Labute approximate surface area is 99.3 Å². The highest BCUT2D eigenvalue weighted by Crippen LogP contribution is 2.29. The molecule has 0 saturated heterocycles. The van der Waals surface area contributed by atoms with Crippen LogP contribution in [0.25, 0.3) is 0 Å². The van der Waals surface area contributed by atoms with Crippen LogP contribution >= 0.6 is 11.6 Å². The number of nitro groups is 1. The lowest BCUT2D eigenvalue weighted by molar-refractivity contribution is -0.384. The standard InChI is InChI=1S/C11H14ClNO3/c1-3-4-8(2)16-9-5-6-11(13(14)15)10(12)7-9/h5-8H,3-4H2,1-2H3. The Hall–Kier alpha value is -1.29. The molecule has 0 spiro atoms. The van der Waals surface area contributed by atoms with Crippen LogP contribution in [0.5, 0.6) is 5.75 Å². The third-order valence-corrected chi connectivity index (χ3v) is 2.45. The number of benzene rings is 1. The molecule has 1 aromatic carbocycles. The fraction of sp³-hybridized carbons (Fsp3) is 0.455. The van der Waals surface area contributed by atoms with Crippen LogP contribution in [0.2, 0.25) is 5.02 Å². The van der Waals surface area contributed by atoms with Crippen LogP contribution < -0.4 is 4.74 Å². The molecule has 0 aromatic heterocycles. The number of hydrogen-bond acceptors (Lipinski definition) is 3. The van der Waals surface area contributed by atoms with Crippen LogP contribution in [0.3, 0.4) is 0 Å². The zero-order valence-electron chi connectivity index (χ0n) is 9.27. The van der Waals surface area contributed by atoms with E-state index < -0.39 is 4.92 Å². The van der Waals surface area contributed by atoms with E-state index in [0.717, 1.165) is 12.8 Å². The lowest BCUT2D eigenvalue weighted by atomic mass is 10.2. The summed E-state index contributed by atoms with van der Waals surface area (Å²) < 4.78 is 5.56. The van der Waals surface area contributed by atoms with Gasteiger partial charge in [-0.1, -0.05) is 24.9 Å². The smallest absolute Gasteiger partial charge is 0.288 e. The van der Waals surface area contributed by atoms with Crippen LogP contribution in [0.1, 0.15) is 26.7 Å². The SMILES string of the molecule is CCCC(C)Oc1ccc([N+](=O)[O-])c(Cl)c1. The largest absolute Gasteiger partial charge is 0.491 e. The van der Waals surface area contributed by atoms with Gasteiger partial charge in [0.1, 0.15) is 10.8 Å². The Balaban J connectivity index is 2.77. The van der Waals surface area contributed by atoms with Crippen molar-refractivity contribution in [2.75, 3.05) is 0 Å². The van der Waals surface area contributed by atoms with E-state index in [1.165, 1.54) is 12.1 Å². The highest BCUT2D eigenvalue weighted by atomic mass is 35.5. The number of halogens is 1. The molecule has 1 atom stereocenters. The average molecular weight is 244 g/mol. The van der Waals surface area contributed by atoms with Gasteiger partial charge in [0.2, 0.25) is 0 Å². The lowest BCUT2D eigenvalue weighted by Gasteiger charge is -2.13. The molecular weight excluding hydrogens is 230 g/mol. The van der Waals surface area contributed by atoms with E-state index in [1.807, 2.05) is 6.92 Å². The highest BCUT2D eigenvalue weighted by Gasteiger charge is 2.13. The van der Waals surface area contributed by atoms with E-state index in [1.54, 1.807) is 6.07 Å². The van der Waals surface area contributed by atoms with Gasteiger partial charge >= 0.3 is 0 Å². The summed E-state index contributed by atoms with van der Waals surface area (Å²) >= 11 is 5.76. The Kier molecular flexibility index (Phi) is 4.55. The van der Waals surface area contributed by atoms with Gasteiger partial charge in [0.25, 0.3) is 5.69 Å². The molecule has 0 aliphatic heterocycles. The second kappa shape index (κ2) is 5.70. The van der Waals surface area contributed by atoms with Gasteiger partial charge in [0.05, 0.1) is 11.0 Å². The molecule has 88 valence electrons. The van der Waals surface area contributed by atoms with Gasteiger partial charge < -0.3 is 4.74 Å². The van der Waals surface area contributed by atoms with E-state index >= 15 is 0 Å². The Morgan fingerprint density at radius 2 is 2.25 bits per heavy atom. The fourth-order valence-corrected chi connectivity index (χ4v) is 1.65. The predicted octanol–water partition coefficient (Wildman–Crippen LogP) is 3.82. The molecule has 0 heterocycles. The Bertz CT molecular complexity index is 381. The van der Waals surface area contributed by atoms with Gasteiger partial charge in [-0.2, -0.15) is 0 Å². The zero-order valence-corrected chi connectivity index (χ0v) is 10.0. The van der Waals surface area contributed by atoms with Crippen LogP contribution in [-0.2, 0) is 0 Å². The van der Waals surface area contributed by atoms with E-state index in [-0.39, 0.29) is 16.8 Å². The Morgan fingerprint density at radius 3 is 2.75 bits per heavy atom. The van der Waals surface area contributed by atoms with E-state index in [9.17, 15) is 10.1 Å². The fourth-order valence-electron chi connectivity index (χ4n) is 1.41. The van der Waals surface area contributed by atoms with Crippen LogP contribution in [-0.4, -0.2) is 11.0 Å². The second-order valence-electron chi connectivity index (χ2n) is 3.59. The molecule has 0 aliphatic rings. The van der Waals surface area contributed by atoms with Gasteiger partial charge in [-0.15, -0.1) is 0 Å². The molecule has 0 saturated carbocycles. The molecule has 0 radical (unpaired) electrons. The summed E-state index contributed by atoms with van der Waals surface area (Å²) in [5.74, 6) is 0.566. The normalized spacial score (nSPS) is 12.2. The minimum atomic E-state index is -0.512. The van der Waals surface area contributed by atoms with Crippen molar-refractivity contribution in [3.8, 4) is 5.75 Å². The van der Waals surface area contributed by atoms with Crippen molar-refractivity contribution >= 4 is 17.3 Å². The van der Waals surface area contributed by atoms with Crippen molar-refractivity contribution in [3.63, 3.8) is 0 Å². The summed E-state index contributed by atoms with van der Waals surface area (Å²) in [5, 5.41) is 10.6. The van der Waals surface area contributed by atoms with Gasteiger partial charge in [-0.3, -0.25) is 10.1 Å². The molecule has 16 heavy (non-hydrogen) atoms. The predicted molar refractivity (Wildman–Crippen MR) is 63.1 cm³/mol. The first-order valence-electron chi connectivity index (χ1n) is 5.15. The number of nitro benzene ring substituents is 1. The number of nitrogens with zero attached hydrogens (tertiary/aromatic N) is 1. The summed E-state index contributed by atoms with van der Waals surface area (Å²) in [5.41, 5.74) is -0.0999. The first-order chi connectivity index (χ1) is 7.54. The van der Waals surface area contributed by atoms with Gasteiger partial charge in [-0.05, 0) is 19.4 Å². The minimum Gasteiger partial charge on any atom is -0.491 e. The van der Waals surface area contributed by atoms with Crippen molar-refractivity contribution in [1.29, 1.82) is 0 Å². The van der Waals surface area contributed by atoms with Crippen LogP contribution in [0.15, 0.2) is 18.2 Å². The molecular formula is C11H14ClNO3. The van der Waals surface area contributed by atoms with Crippen molar-refractivity contribution in [2.45, 2.75) is 32.8 Å². The van der Waals surface area contributed by atoms with Gasteiger partial charge in [-0.25, -0.2) is 0 Å². The van der Waals surface area contributed by atoms with Crippen molar-refractivity contribution in [3.05, 3.63) is 33.3 Å². The van der Waals surface area contributed by atoms with E-state index in [0.29, 0.717) is 5.75 Å². The van der Waals surface area contributed by atoms with Crippen molar-refractivity contribution < 1.29 is 9.66 Å². The van der Waals surface area contributed by atoms with Crippen molar-refractivity contribution in [2.24, 2.45) is 0 Å². The third kappa shape index (κ3) is 3.38. The number of ether oxygens (including phenoxy) is 1. The van der Waals surface area contributed by atoms with Crippen LogP contribution in [0.4, 0.5) is 5.69 Å². The molecule has 0 aliphatic carbocycles. The molecule has 0 amide bonds. The maximum absolute atomic E-state index is 10.5. The zero-order chi connectivity index (χ0) is 12.1. The van der Waals surface area contributed by atoms with Crippen molar-refractivity contribution in [1.82, 2.24) is 0 Å². The molecule has 0 fully saturated rings. The molecule has 1 aromatic rings. The first-order valence-corrected chi connectivity index (χ1v) is 5.53. The summed E-state index contributed by atoms with van der Waals surface area (Å²) in [6.45, 7) is 4.03. The molecule has 5 heteroatoms. The van der Waals surface area contributed by atoms with E-state index in [4.69, 9.17) is 16.3 Å². The van der Waals surface area contributed by atoms with Gasteiger partial charge in [0.15, 0.2) is 0 Å². The quantitative estimate of drug-likeness (QED) is 0.584. The first kappa shape index (κ1) is 12.8. The maximum atomic E-state index is 10.5. The molecule has 1 rings (SSSR count). The molecule has 0 N–H and O–H groups in total. The highest BCUT2D eigenvalue weighted by molar-refractivity contribution is 6.32. The average Bonchev–Trinajstić information content (AvgIpc) is 2.17. The third-order valence-electron chi connectivity index (χ3n) is 2.15. The van der Waals surface area contributed by atoms with Crippen LogP contribution in [0, 0.1) is 10.1 Å². The topological polar surface area (TPSA) is 52.4 Å². The number of hydrogen-bond donors (Lipinski definition) is 0. The molecule has 1 unspecified atom stereocenters. The molecule has 0 bridgehead atoms. The summed E-state index contributed by atoms with van der Waals surface area (Å²) in [6, 6.07) is 4.40. The second-order valence-corrected chi connectivity index (χ2v) is 3.99. The summed E-state index contributed by atoms with van der Waals surface area (Å²) in [7, 11) is 0. The Morgan fingerprint density at radius 1 is 1.56 bits per heavy atom. The van der Waals surface area contributed by atoms with Gasteiger partial charge in [0, 0.05) is 12.1 Å². The van der Waals surface area contributed by atoms with E-state index in [2.05, 4.69) is 6.92 Å². The maximum Gasteiger partial charge on any atom is 0.288 e. The minimum absolute atomic E-state index is 0.0857.